The minimum absolute atomic E-state index is 0.0659. The van der Waals surface area contributed by atoms with Crippen LogP contribution in [0.5, 0.6) is 0 Å². The second-order valence-corrected chi connectivity index (χ2v) is 7.47. The van der Waals surface area contributed by atoms with Crippen molar-refractivity contribution in [1.29, 1.82) is 0 Å². The van der Waals surface area contributed by atoms with E-state index in [1.807, 2.05) is 13.8 Å². The first kappa shape index (κ1) is 21.7. The molecule has 1 atom stereocenters. The van der Waals surface area contributed by atoms with Crippen LogP contribution in [-0.4, -0.2) is 48.0 Å². The molecule has 1 heterocycles. The van der Waals surface area contributed by atoms with E-state index in [9.17, 15) is 14.4 Å². The number of amides is 3. The first-order chi connectivity index (χ1) is 13.4. The summed E-state index contributed by atoms with van der Waals surface area (Å²) in [6.07, 6.45) is 3.47. The minimum Gasteiger partial charge on any atom is -0.449 e. The van der Waals surface area contributed by atoms with Gasteiger partial charge in [-0.3, -0.25) is 4.79 Å². The van der Waals surface area contributed by atoms with Gasteiger partial charge in [0.25, 0.3) is 5.91 Å². The third-order valence-corrected chi connectivity index (χ3v) is 4.61. The van der Waals surface area contributed by atoms with Crippen LogP contribution < -0.4 is 10.6 Å². The van der Waals surface area contributed by atoms with Crippen LogP contribution >= 0.6 is 0 Å². The summed E-state index contributed by atoms with van der Waals surface area (Å²) in [5.74, 6) is -0.653. The fourth-order valence-electron chi connectivity index (χ4n) is 3.08. The van der Waals surface area contributed by atoms with Crippen molar-refractivity contribution in [3.63, 3.8) is 0 Å². The smallest absolute Gasteiger partial charge is 0.338 e. The molecule has 0 aliphatic carbocycles. The quantitative estimate of drug-likeness (QED) is 0.733. The maximum atomic E-state index is 12.5. The molecule has 2 N–H and O–H groups in total. The van der Waals surface area contributed by atoms with Gasteiger partial charge >= 0.3 is 12.0 Å². The summed E-state index contributed by atoms with van der Waals surface area (Å²) in [5.41, 5.74) is 1.25. The number of rotatable bonds is 6. The highest BCUT2D eigenvalue weighted by molar-refractivity contribution is 5.92. The van der Waals surface area contributed by atoms with E-state index in [0.717, 1.165) is 44.3 Å². The topological polar surface area (TPSA) is 87.7 Å². The molecule has 3 amide bonds. The van der Waals surface area contributed by atoms with Crippen molar-refractivity contribution in [2.75, 3.05) is 13.1 Å². The van der Waals surface area contributed by atoms with Crippen LogP contribution in [0.1, 0.15) is 62.4 Å². The Bertz CT molecular complexity index is 665. The Kier molecular flexibility index (Phi) is 8.29. The molecule has 1 fully saturated rings. The van der Waals surface area contributed by atoms with E-state index >= 15 is 0 Å². The zero-order chi connectivity index (χ0) is 20.5. The summed E-state index contributed by atoms with van der Waals surface area (Å²) in [6.45, 7) is 7.21. The standard InChI is InChI=1S/C21H31N3O4/c1-15(2)23-21(27)22-14-17-8-10-18(11-9-17)20(26)28-16(3)19(25)24-12-6-4-5-7-13-24/h8-11,15-16H,4-7,12-14H2,1-3H3,(H2,22,23,27)/t16-/m1/s1. The van der Waals surface area contributed by atoms with Gasteiger partial charge in [-0.15, -0.1) is 0 Å². The minimum atomic E-state index is -0.799. The number of nitrogens with zero attached hydrogens (tertiary/aromatic N) is 1. The molecule has 154 valence electrons. The lowest BCUT2D eigenvalue weighted by Gasteiger charge is -2.24. The molecule has 2 rings (SSSR count). The molecule has 0 aromatic heterocycles. The molecule has 1 saturated heterocycles. The lowest BCUT2D eigenvalue weighted by atomic mass is 10.1. The normalized spacial score (nSPS) is 15.5. The highest BCUT2D eigenvalue weighted by atomic mass is 16.5. The Hall–Kier alpha value is -2.57. The molecule has 7 heteroatoms. The summed E-state index contributed by atoms with van der Waals surface area (Å²) >= 11 is 0. The molecule has 1 aromatic carbocycles. The van der Waals surface area contributed by atoms with E-state index in [1.54, 1.807) is 36.1 Å². The van der Waals surface area contributed by atoms with Gasteiger partial charge < -0.3 is 20.3 Å². The lowest BCUT2D eigenvalue weighted by Crippen LogP contribution is -2.40. The van der Waals surface area contributed by atoms with E-state index in [2.05, 4.69) is 10.6 Å². The van der Waals surface area contributed by atoms with Gasteiger partial charge in [-0.25, -0.2) is 9.59 Å². The Labute approximate surface area is 166 Å². The summed E-state index contributed by atoms with van der Waals surface area (Å²) in [6, 6.07) is 6.63. The van der Waals surface area contributed by atoms with Crippen molar-refractivity contribution in [2.45, 2.75) is 65.1 Å². The molecule has 0 radical (unpaired) electrons. The van der Waals surface area contributed by atoms with Gasteiger partial charge in [-0.2, -0.15) is 0 Å². The summed E-state index contributed by atoms with van der Waals surface area (Å²) < 4.78 is 5.36. The monoisotopic (exact) mass is 389 g/mol. The first-order valence-electron chi connectivity index (χ1n) is 10.00. The van der Waals surface area contributed by atoms with Gasteiger partial charge in [0.05, 0.1) is 5.56 Å². The van der Waals surface area contributed by atoms with Crippen LogP contribution in [0, 0.1) is 0 Å². The van der Waals surface area contributed by atoms with E-state index in [4.69, 9.17) is 4.74 Å². The van der Waals surface area contributed by atoms with E-state index < -0.39 is 12.1 Å². The molecule has 1 aliphatic heterocycles. The van der Waals surface area contributed by atoms with E-state index in [-0.39, 0.29) is 18.0 Å². The van der Waals surface area contributed by atoms with Gasteiger partial charge in [0.2, 0.25) is 0 Å². The third-order valence-electron chi connectivity index (χ3n) is 4.61. The third kappa shape index (κ3) is 6.87. The zero-order valence-electron chi connectivity index (χ0n) is 17.0. The summed E-state index contributed by atoms with van der Waals surface area (Å²) in [7, 11) is 0. The largest absolute Gasteiger partial charge is 0.449 e. The van der Waals surface area contributed by atoms with Crippen molar-refractivity contribution in [3.05, 3.63) is 35.4 Å². The predicted octanol–water partition coefficient (Wildman–Crippen LogP) is 2.84. The van der Waals surface area contributed by atoms with Crippen molar-refractivity contribution < 1.29 is 19.1 Å². The fraction of sp³-hybridized carbons (Fsp3) is 0.571. The Balaban J connectivity index is 1.84. The Morgan fingerprint density at radius 3 is 2.18 bits per heavy atom. The number of hydrogen-bond donors (Lipinski definition) is 2. The predicted molar refractivity (Wildman–Crippen MR) is 107 cm³/mol. The molecule has 1 aliphatic rings. The molecule has 0 unspecified atom stereocenters. The second kappa shape index (κ2) is 10.7. The molecule has 7 nitrogen and oxygen atoms in total. The Morgan fingerprint density at radius 1 is 1.00 bits per heavy atom. The number of nitrogens with one attached hydrogen (secondary N) is 2. The number of likely N-dealkylation sites (tertiary alicyclic amines) is 1. The molecular weight excluding hydrogens is 358 g/mol. The summed E-state index contributed by atoms with van der Waals surface area (Å²) in [4.78, 5) is 38.2. The number of carbonyl (C=O) groups excluding carboxylic acids is 3. The van der Waals surface area contributed by atoms with Crippen LogP contribution in [0.15, 0.2) is 24.3 Å². The highest BCUT2D eigenvalue weighted by Crippen LogP contribution is 2.13. The van der Waals surface area contributed by atoms with Crippen molar-refractivity contribution in [1.82, 2.24) is 15.5 Å². The summed E-state index contributed by atoms with van der Waals surface area (Å²) in [5, 5.41) is 5.50. The SMILES string of the molecule is CC(C)NC(=O)NCc1ccc(C(=O)O[C@H](C)C(=O)N2CCCCCC2)cc1. The van der Waals surface area contributed by atoms with Gasteiger partial charge in [0.15, 0.2) is 6.10 Å². The van der Waals surface area contributed by atoms with Crippen LogP contribution in [-0.2, 0) is 16.1 Å². The number of carbonyl (C=O) groups is 3. The maximum absolute atomic E-state index is 12.5. The van der Waals surface area contributed by atoms with Crippen molar-refractivity contribution >= 4 is 17.9 Å². The molecular formula is C21H31N3O4. The number of ether oxygens (including phenoxy) is 1. The zero-order valence-corrected chi connectivity index (χ0v) is 17.0. The van der Waals surface area contributed by atoms with Crippen LogP contribution in [0.3, 0.4) is 0 Å². The first-order valence-corrected chi connectivity index (χ1v) is 10.00. The van der Waals surface area contributed by atoms with Gasteiger partial charge in [-0.1, -0.05) is 25.0 Å². The van der Waals surface area contributed by atoms with E-state index in [0.29, 0.717) is 12.1 Å². The number of hydrogen-bond acceptors (Lipinski definition) is 4. The van der Waals surface area contributed by atoms with Crippen LogP contribution in [0.2, 0.25) is 0 Å². The van der Waals surface area contributed by atoms with Crippen molar-refractivity contribution in [2.24, 2.45) is 0 Å². The Morgan fingerprint density at radius 2 is 1.61 bits per heavy atom. The molecule has 0 spiro atoms. The van der Waals surface area contributed by atoms with Gasteiger partial charge in [0, 0.05) is 25.7 Å². The average Bonchev–Trinajstić information content (AvgIpc) is 2.95. The number of urea groups is 1. The molecule has 0 bridgehead atoms. The van der Waals surface area contributed by atoms with E-state index in [1.165, 1.54) is 0 Å². The van der Waals surface area contributed by atoms with Gasteiger partial charge in [0.1, 0.15) is 0 Å². The average molecular weight is 389 g/mol. The van der Waals surface area contributed by atoms with Crippen LogP contribution in [0.25, 0.3) is 0 Å². The molecule has 28 heavy (non-hydrogen) atoms. The van der Waals surface area contributed by atoms with Crippen LogP contribution in [0.4, 0.5) is 4.79 Å². The number of benzene rings is 1. The van der Waals surface area contributed by atoms with Crippen molar-refractivity contribution in [3.8, 4) is 0 Å². The highest BCUT2D eigenvalue weighted by Gasteiger charge is 2.24. The molecule has 0 saturated carbocycles. The second-order valence-electron chi connectivity index (χ2n) is 7.47. The fourth-order valence-corrected chi connectivity index (χ4v) is 3.08. The van der Waals surface area contributed by atoms with Gasteiger partial charge in [-0.05, 0) is 51.3 Å². The maximum Gasteiger partial charge on any atom is 0.338 e. The lowest BCUT2D eigenvalue weighted by molar-refractivity contribution is -0.139. The number of esters is 1. The molecule has 1 aromatic rings.